The molecule has 3 aromatic rings. The van der Waals surface area contributed by atoms with Gasteiger partial charge in [-0.05, 0) is 77.8 Å². The lowest BCUT2D eigenvalue weighted by atomic mass is 10.1. The van der Waals surface area contributed by atoms with Crippen molar-refractivity contribution in [3.63, 3.8) is 0 Å². The third-order valence-electron chi connectivity index (χ3n) is 5.34. The van der Waals surface area contributed by atoms with Gasteiger partial charge in [0, 0.05) is 18.3 Å². The van der Waals surface area contributed by atoms with E-state index in [9.17, 15) is 4.39 Å². The zero-order valence-electron chi connectivity index (χ0n) is 17.4. The molecule has 4 rings (SSSR count). The quantitative estimate of drug-likeness (QED) is 0.449. The second kappa shape index (κ2) is 10.2. The van der Waals surface area contributed by atoms with Crippen molar-refractivity contribution in [2.24, 2.45) is 0 Å². The minimum atomic E-state index is -0.367. The van der Waals surface area contributed by atoms with Crippen LogP contribution < -0.4 is 14.8 Å². The first kappa shape index (κ1) is 21.7. The number of likely N-dealkylation sites (tertiary alicyclic amines) is 1. The molecule has 1 aliphatic rings. The normalized spacial score (nSPS) is 14.5. The van der Waals surface area contributed by atoms with Crippen LogP contribution in [0.4, 0.5) is 15.9 Å². The highest BCUT2D eigenvalue weighted by atomic mass is 79.9. The molecule has 1 saturated heterocycles. The van der Waals surface area contributed by atoms with E-state index in [1.54, 1.807) is 25.3 Å². The number of hydrogen-bond donors (Lipinski definition) is 1. The number of nitrogens with one attached hydrogen (secondary N) is 1. The van der Waals surface area contributed by atoms with Crippen LogP contribution in [0.2, 0.25) is 0 Å². The molecular weight excluding hydrogens is 465 g/mol. The Hall–Kier alpha value is -2.52. The number of anilines is 2. The monoisotopic (exact) mass is 489 g/mol. The molecule has 0 saturated carbocycles. The minimum absolute atomic E-state index is 0.367. The predicted molar refractivity (Wildman–Crippen MR) is 122 cm³/mol. The van der Waals surface area contributed by atoms with E-state index in [0.29, 0.717) is 45.0 Å². The Morgan fingerprint density at radius 2 is 1.94 bits per heavy atom. The molecule has 0 unspecified atom stereocenters. The van der Waals surface area contributed by atoms with E-state index >= 15 is 0 Å². The predicted octanol–water partition coefficient (Wildman–Crippen LogP) is 4.93. The molecule has 0 radical (unpaired) electrons. The summed E-state index contributed by atoms with van der Waals surface area (Å²) in [6, 6.07) is 8.38. The zero-order chi connectivity index (χ0) is 21.6. The number of rotatable bonds is 8. The van der Waals surface area contributed by atoms with Crippen LogP contribution in [-0.2, 0) is 0 Å². The molecule has 0 spiro atoms. The van der Waals surface area contributed by atoms with Crippen molar-refractivity contribution < 1.29 is 13.9 Å². The Labute approximate surface area is 189 Å². The Balaban J connectivity index is 1.48. The summed E-state index contributed by atoms with van der Waals surface area (Å²) in [5.41, 5.74) is 1.17. The third kappa shape index (κ3) is 5.40. The van der Waals surface area contributed by atoms with Crippen LogP contribution in [0.5, 0.6) is 11.5 Å². The van der Waals surface area contributed by atoms with Gasteiger partial charge in [0.2, 0.25) is 0 Å². The standard InChI is InChI=1S/C22H25BrFN5O2/c1-30-20-13-16-19(14-21(20)31-11-5-10-29-8-3-2-4-9-29)26-28-27-22(16)25-15-6-7-17(23)18(24)12-15/h6-7,12-14H,2-5,8-11H2,1H3,(H,25,26,27). The molecule has 0 amide bonds. The molecule has 1 fully saturated rings. The van der Waals surface area contributed by atoms with Gasteiger partial charge in [0.1, 0.15) is 11.3 Å². The first-order chi connectivity index (χ1) is 15.1. The largest absolute Gasteiger partial charge is 0.493 e. The fourth-order valence-corrected chi connectivity index (χ4v) is 3.97. The van der Waals surface area contributed by atoms with Crippen molar-refractivity contribution in [3.05, 3.63) is 40.6 Å². The van der Waals surface area contributed by atoms with Gasteiger partial charge >= 0.3 is 0 Å². The van der Waals surface area contributed by atoms with Crippen LogP contribution in [0.25, 0.3) is 10.9 Å². The van der Waals surface area contributed by atoms with Crippen LogP contribution in [-0.4, -0.2) is 53.7 Å². The lowest BCUT2D eigenvalue weighted by Gasteiger charge is -2.26. The second-order valence-electron chi connectivity index (χ2n) is 7.52. The summed E-state index contributed by atoms with van der Waals surface area (Å²) in [5.74, 6) is 1.30. The van der Waals surface area contributed by atoms with Gasteiger partial charge in [-0.15, -0.1) is 10.2 Å². The number of methoxy groups -OCH3 is 1. The van der Waals surface area contributed by atoms with Crippen molar-refractivity contribution in [2.75, 3.05) is 38.7 Å². The van der Waals surface area contributed by atoms with E-state index in [1.807, 2.05) is 6.07 Å². The minimum Gasteiger partial charge on any atom is -0.493 e. The van der Waals surface area contributed by atoms with Crippen molar-refractivity contribution >= 4 is 38.3 Å². The van der Waals surface area contributed by atoms with Crippen LogP contribution in [0.1, 0.15) is 25.7 Å². The van der Waals surface area contributed by atoms with Gasteiger partial charge in [-0.3, -0.25) is 0 Å². The second-order valence-corrected chi connectivity index (χ2v) is 8.37. The van der Waals surface area contributed by atoms with Gasteiger partial charge in [0.25, 0.3) is 0 Å². The van der Waals surface area contributed by atoms with Crippen LogP contribution >= 0.6 is 15.9 Å². The highest BCUT2D eigenvalue weighted by Crippen LogP contribution is 2.34. The fraction of sp³-hybridized carbons (Fsp3) is 0.409. The van der Waals surface area contributed by atoms with Crippen molar-refractivity contribution in [1.29, 1.82) is 0 Å². The number of nitrogens with zero attached hydrogens (tertiary/aromatic N) is 4. The van der Waals surface area contributed by atoms with Gasteiger partial charge < -0.3 is 19.7 Å². The Morgan fingerprint density at radius 3 is 2.71 bits per heavy atom. The molecule has 0 bridgehead atoms. The van der Waals surface area contributed by atoms with Gasteiger partial charge in [-0.1, -0.05) is 6.42 Å². The maximum Gasteiger partial charge on any atom is 0.164 e. The average molecular weight is 490 g/mol. The molecule has 1 aromatic heterocycles. The molecule has 7 nitrogen and oxygen atoms in total. The summed E-state index contributed by atoms with van der Waals surface area (Å²) in [4.78, 5) is 2.49. The van der Waals surface area contributed by atoms with Crippen molar-refractivity contribution in [1.82, 2.24) is 20.3 Å². The number of hydrogen-bond acceptors (Lipinski definition) is 7. The molecule has 0 aliphatic carbocycles. The van der Waals surface area contributed by atoms with E-state index in [2.05, 4.69) is 41.6 Å². The fourth-order valence-electron chi connectivity index (χ4n) is 3.72. The van der Waals surface area contributed by atoms with Gasteiger partial charge in [0.05, 0.1) is 23.6 Å². The molecule has 2 aromatic carbocycles. The zero-order valence-corrected chi connectivity index (χ0v) is 19.0. The highest BCUT2D eigenvalue weighted by molar-refractivity contribution is 9.10. The van der Waals surface area contributed by atoms with E-state index in [-0.39, 0.29) is 5.82 Å². The summed E-state index contributed by atoms with van der Waals surface area (Å²) in [6.45, 7) is 4.00. The molecule has 31 heavy (non-hydrogen) atoms. The Bertz CT molecular complexity index is 1050. The highest BCUT2D eigenvalue weighted by Gasteiger charge is 2.14. The number of ether oxygens (including phenoxy) is 2. The summed E-state index contributed by atoms with van der Waals surface area (Å²) in [5, 5.41) is 15.8. The molecule has 9 heteroatoms. The lowest BCUT2D eigenvalue weighted by Crippen LogP contribution is -2.31. The smallest absolute Gasteiger partial charge is 0.164 e. The summed E-state index contributed by atoms with van der Waals surface area (Å²) in [6.07, 6.45) is 4.86. The Morgan fingerprint density at radius 1 is 1.10 bits per heavy atom. The molecule has 0 atom stereocenters. The molecule has 2 heterocycles. The first-order valence-electron chi connectivity index (χ1n) is 10.4. The maximum atomic E-state index is 13.9. The topological polar surface area (TPSA) is 72.4 Å². The molecule has 1 N–H and O–H groups in total. The molecular formula is C22H25BrFN5O2. The van der Waals surface area contributed by atoms with Crippen molar-refractivity contribution in [3.8, 4) is 11.5 Å². The maximum absolute atomic E-state index is 13.9. The third-order valence-corrected chi connectivity index (χ3v) is 5.98. The van der Waals surface area contributed by atoms with Gasteiger partial charge in [-0.2, -0.15) is 0 Å². The van der Waals surface area contributed by atoms with Crippen LogP contribution in [0.3, 0.4) is 0 Å². The van der Waals surface area contributed by atoms with Crippen LogP contribution in [0.15, 0.2) is 34.8 Å². The van der Waals surface area contributed by atoms with Crippen molar-refractivity contribution in [2.45, 2.75) is 25.7 Å². The van der Waals surface area contributed by atoms with E-state index in [0.717, 1.165) is 13.0 Å². The number of fused-ring (bicyclic) bond motifs is 1. The Kier molecular flexibility index (Phi) is 7.14. The summed E-state index contributed by atoms with van der Waals surface area (Å²) < 4.78 is 25.8. The number of benzene rings is 2. The SMILES string of the molecule is COc1cc2c(Nc3ccc(Br)c(F)c3)nnnc2cc1OCCCN1CCCCC1. The lowest BCUT2D eigenvalue weighted by molar-refractivity contribution is 0.203. The number of aromatic nitrogens is 3. The first-order valence-corrected chi connectivity index (χ1v) is 11.2. The van der Waals surface area contributed by atoms with E-state index in [4.69, 9.17) is 9.47 Å². The molecule has 1 aliphatic heterocycles. The van der Waals surface area contributed by atoms with Gasteiger partial charge in [-0.25, -0.2) is 4.39 Å². The number of halogens is 2. The summed E-state index contributed by atoms with van der Waals surface area (Å²) >= 11 is 3.16. The number of piperidine rings is 1. The van der Waals surface area contributed by atoms with E-state index < -0.39 is 0 Å². The average Bonchev–Trinajstić information content (AvgIpc) is 2.79. The molecule has 164 valence electrons. The van der Waals surface area contributed by atoms with Gasteiger partial charge in [0.15, 0.2) is 17.3 Å². The van der Waals surface area contributed by atoms with E-state index in [1.165, 1.54) is 38.4 Å². The summed E-state index contributed by atoms with van der Waals surface area (Å²) in [7, 11) is 1.60. The van der Waals surface area contributed by atoms with Crippen LogP contribution in [0, 0.1) is 5.82 Å².